The van der Waals surface area contributed by atoms with Crippen LogP contribution in [0.25, 0.3) is 22.2 Å². The van der Waals surface area contributed by atoms with E-state index in [4.69, 9.17) is 10.5 Å². The molecule has 0 aliphatic carbocycles. The van der Waals surface area contributed by atoms with Gasteiger partial charge in [0.1, 0.15) is 11.5 Å². The Kier molecular flexibility index (Phi) is 5.97. The minimum Gasteiger partial charge on any atom is -0.457 e. The zero-order chi connectivity index (χ0) is 20.1. The van der Waals surface area contributed by atoms with Crippen molar-refractivity contribution < 1.29 is 4.74 Å². The second-order valence-corrected chi connectivity index (χ2v) is 7.33. The van der Waals surface area contributed by atoms with Gasteiger partial charge in [0.05, 0.1) is 5.69 Å². The first-order valence-corrected chi connectivity index (χ1v) is 10.5. The van der Waals surface area contributed by atoms with Crippen LogP contribution < -0.4 is 10.5 Å². The van der Waals surface area contributed by atoms with E-state index in [9.17, 15) is 0 Å². The molecular formula is C26H28N2O. The molecule has 0 saturated heterocycles. The van der Waals surface area contributed by atoms with Gasteiger partial charge < -0.3 is 15.5 Å². The number of rotatable bonds is 8. The SMILES string of the molecule is CCc1cccc2c(CCCCN)c(-c3ccccc3Oc3ccccc3)[nH]c12. The number of ether oxygens (including phenoxy) is 1. The van der Waals surface area contributed by atoms with Crippen molar-refractivity contribution in [2.45, 2.75) is 32.6 Å². The molecule has 3 N–H and O–H groups in total. The maximum Gasteiger partial charge on any atom is 0.136 e. The molecule has 0 aliphatic rings. The van der Waals surface area contributed by atoms with Crippen LogP contribution in [0.2, 0.25) is 0 Å². The first-order valence-electron chi connectivity index (χ1n) is 10.5. The number of para-hydroxylation sites is 3. The maximum absolute atomic E-state index is 6.26. The van der Waals surface area contributed by atoms with Crippen molar-refractivity contribution in [3.63, 3.8) is 0 Å². The third-order valence-electron chi connectivity index (χ3n) is 5.42. The Hall–Kier alpha value is -3.04. The van der Waals surface area contributed by atoms with Crippen LogP contribution in [0.15, 0.2) is 72.8 Å². The number of aromatic amines is 1. The van der Waals surface area contributed by atoms with Crippen molar-refractivity contribution in [1.29, 1.82) is 0 Å². The maximum atomic E-state index is 6.26. The number of hydrogen-bond acceptors (Lipinski definition) is 2. The van der Waals surface area contributed by atoms with Gasteiger partial charge >= 0.3 is 0 Å². The monoisotopic (exact) mass is 384 g/mol. The molecule has 1 heterocycles. The molecule has 4 rings (SSSR count). The van der Waals surface area contributed by atoms with Crippen LogP contribution in [0.4, 0.5) is 0 Å². The van der Waals surface area contributed by atoms with E-state index in [-0.39, 0.29) is 0 Å². The van der Waals surface area contributed by atoms with Gasteiger partial charge in [-0.1, -0.05) is 55.5 Å². The summed E-state index contributed by atoms with van der Waals surface area (Å²) in [5.74, 6) is 1.71. The van der Waals surface area contributed by atoms with Gasteiger partial charge in [0.15, 0.2) is 0 Å². The van der Waals surface area contributed by atoms with Gasteiger partial charge in [-0.15, -0.1) is 0 Å². The molecule has 0 aliphatic heterocycles. The summed E-state index contributed by atoms with van der Waals surface area (Å²) in [4.78, 5) is 3.74. The van der Waals surface area contributed by atoms with E-state index >= 15 is 0 Å². The fourth-order valence-electron chi connectivity index (χ4n) is 3.94. The van der Waals surface area contributed by atoms with E-state index in [1.54, 1.807) is 0 Å². The molecule has 3 heteroatoms. The Morgan fingerprint density at radius 2 is 1.66 bits per heavy atom. The van der Waals surface area contributed by atoms with E-state index in [0.717, 1.165) is 55.0 Å². The Morgan fingerprint density at radius 1 is 0.862 bits per heavy atom. The van der Waals surface area contributed by atoms with Crippen LogP contribution in [0.3, 0.4) is 0 Å². The van der Waals surface area contributed by atoms with Crippen LogP contribution in [0, 0.1) is 0 Å². The van der Waals surface area contributed by atoms with Gasteiger partial charge in [-0.2, -0.15) is 0 Å². The predicted molar refractivity (Wildman–Crippen MR) is 122 cm³/mol. The lowest BCUT2D eigenvalue weighted by Crippen LogP contribution is -1.99. The fourth-order valence-corrected chi connectivity index (χ4v) is 3.94. The van der Waals surface area contributed by atoms with E-state index in [0.29, 0.717) is 0 Å². The molecule has 3 nitrogen and oxygen atoms in total. The largest absolute Gasteiger partial charge is 0.457 e. The molecule has 0 saturated carbocycles. The van der Waals surface area contributed by atoms with Crippen LogP contribution in [-0.4, -0.2) is 11.5 Å². The summed E-state index contributed by atoms with van der Waals surface area (Å²) in [6.07, 6.45) is 4.11. The smallest absolute Gasteiger partial charge is 0.136 e. The topological polar surface area (TPSA) is 51.0 Å². The second kappa shape index (κ2) is 8.97. The molecule has 0 atom stereocenters. The van der Waals surface area contributed by atoms with Crippen molar-refractivity contribution in [2.75, 3.05) is 6.54 Å². The Morgan fingerprint density at radius 3 is 2.45 bits per heavy atom. The summed E-state index contributed by atoms with van der Waals surface area (Å²) in [5, 5.41) is 1.31. The van der Waals surface area contributed by atoms with Crippen molar-refractivity contribution >= 4 is 10.9 Å². The number of aromatic nitrogens is 1. The van der Waals surface area contributed by atoms with Gasteiger partial charge in [0, 0.05) is 16.5 Å². The van der Waals surface area contributed by atoms with Crippen molar-refractivity contribution in [1.82, 2.24) is 4.98 Å². The van der Waals surface area contributed by atoms with Crippen LogP contribution in [0.1, 0.15) is 30.9 Å². The zero-order valence-electron chi connectivity index (χ0n) is 16.9. The quantitative estimate of drug-likeness (QED) is 0.342. The minimum absolute atomic E-state index is 0.728. The third kappa shape index (κ3) is 4.06. The van der Waals surface area contributed by atoms with Crippen molar-refractivity contribution in [3.05, 3.63) is 83.9 Å². The minimum atomic E-state index is 0.728. The lowest BCUT2D eigenvalue weighted by Gasteiger charge is -2.12. The number of aryl methyl sites for hydroxylation is 2. The lowest BCUT2D eigenvalue weighted by atomic mass is 9.98. The average molecular weight is 385 g/mol. The Balaban J connectivity index is 1.84. The molecule has 0 unspecified atom stereocenters. The Labute approximate surface area is 172 Å². The molecule has 0 radical (unpaired) electrons. The number of benzene rings is 3. The molecule has 0 amide bonds. The first kappa shape index (κ1) is 19.3. The molecule has 0 fully saturated rings. The summed E-state index contributed by atoms with van der Waals surface area (Å²) in [5.41, 5.74) is 11.9. The van der Waals surface area contributed by atoms with Crippen molar-refractivity contribution in [2.24, 2.45) is 5.73 Å². The Bertz CT molecular complexity index is 1080. The normalized spacial score (nSPS) is 11.1. The summed E-state index contributed by atoms with van der Waals surface area (Å²) in [6.45, 7) is 2.93. The number of fused-ring (bicyclic) bond motifs is 1. The van der Waals surface area contributed by atoms with E-state index in [1.165, 1.54) is 22.0 Å². The number of hydrogen-bond donors (Lipinski definition) is 2. The summed E-state index contributed by atoms with van der Waals surface area (Å²) < 4.78 is 6.26. The molecule has 3 aromatic carbocycles. The fraction of sp³-hybridized carbons (Fsp3) is 0.231. The third-order valence-corrected chi connectivity index (χ3v) is 5.42. The predicted octanol–water partition coefficient (Wildman–Crippen LogP) is 6.47. The van der Waals surface area contributed by atoms with Gasteiger partial charge in [0.25, 0.3) is 0 Å². The molecule has 1 aromatic heterocycles. The molecular weight excluding hydrogens is 356 g/mol. The molecule has 0 spiro atoms. The van der Waals surface area contributed by atoms with Crippen molar-refractivity contribution in [3.8, 4) is 22.8 Å². The van der Waals surface area contributed by atoms with Gasteiger partial charge in [0.2, 0.25) is 0 Å². The zero-order valence-corrected chi connectivity index (χ0v) is 16.9. The first-order chi connectivity index (χ1) is 14.3. The highest BCUT2D eigenvalue weighted by Gasteiger charge is 2.17. The van der Waals surface area contributed by atoms with E-state index in [2.05, 4.69) is 42.2 Å². The summed E-state index contributed by atoms with van der Waals surface area (Å²) in [6, 6.07) is 24.8. The molecule has 148 valence electrons. The number of nitrogens with two attached hydrogens (primary N) is 1. The highest BCUT2D eigenvalue weighted by atomic mass is 16.5. The number of unbranched alkanes of at least 4 members (excludes halogenated alkanes) is 1. The highest BCUT2D eigenvalue weighted by Crippen LogP contribution is 2.39. The highest BCUT2D eigenvalue weighted by molar-refractivity contribution is 5.93. The molecule has 4 aromatic rings. The van der Waals surface area contributed by atoms with Gasteiger partial charge in [-0.25, -0.2) is 0 Å². The average Bonchev–Trinajstić information content (AvgIpc) is 3.13. The lowest BCUT2D eigenvalue weighted by molar-refractivity contribution is 0.484. The van der Waals surface area contributed by atoms with Crippen LogP contribution in [0.5, 0.6) is 11.5 Å². The van der Waals surface area contributed by atoms with Crippen LogP contribution >= 0.6 is 0 Å². The summed E-state index contributed by atoms with van der Waals surface area (Å²) in [7, 11) is 0. The van der Waals surface area contributed by atoms with Gasteiger partial charge in [-0.05, 0) is 67.6 Å². The summed E-state index contributed by atoms with van der Waals surface area (Å²) >= 11 is 0. The van der Waals surface area contributed by atoms with E-state index < -0.39 is 0 Å². The molecule has 0 bridgehead atoms. The van der Waals surface area contributed by atoms with Gasteiger partial charge in [-0.3, -0.25) is 0 Å². The second-order valence-electron chi connectivity index (χ2n) is 7.33. The number of H-pyrrole nitrogens is 1. The molecule has 29 heavy (non-hydrogen) atoms. The standard InChI is InChI=1S/C26H28N2O/c1-2-19-11-10-16-21-22(14-8-9-18-27)26(28-25(19)21)23-15-6-7-17-24(23)29-20-12-4-3-5-13-20/h3-7,10-13,15-17,28H,2,8-9,14,18,27H2,1H3. The number of nitrogens with one attached hydrogen (secondary N) is 1. The van der Waals surface area contributed by atoms with E-state index in [1.807, 2.05) is 42.5 Å². The van der Waals surface area contributed by atoms with Crippen LogP contribution in [-0.2, 0) is 12.8 Å².